The Kier molecular flexibility index (Phi) is 4.05. The minimum Gasteiger partial charge on any atom is -0.479 e. The molecule has 2 saturated carbocycles. The summed E-state index contributed by atoms with van der Waals surface area (Å²) in [5.74, 6) is -0.803. The van der Waals surface area contributed by atoms with Gasteiger partial charge in [0.15, 0.2) is 5.60 Å². The first-order valence-corrected chi connectivity index (χ1v) is 6.76. The summed E-state index contributed by atoms with van der Waals surface area (Å²) in [6.07, 6.45) is 7.79. The van der Waals surface area contributed by atoms with E-state index in [1.54, 1.807) is 0 Å². The highest BCUT2D eigenvalue weighted by Crippen LogP contribution is 2.39. The van der Waals surface area contributed by atoms with Crippen molar-refractivity contribution in [1.29, 1.82) is 0 Å². The Hall–Kier alpha value is -0.610. The van der Waals surface area contributed by atoms with Crippen LogP contribution in [-0.4, -0.2) is 35.4 Å². The lowest BCUT2D eigenvalue weighted by Gasteiger charge is -2.27. The molecule has 1 unspecified atom stereocenters. The molecule has 0 aromatic heterocycles. The zero-order chi connectivity index (χ0) is 12.3. The summed E-state index contributed by atoms with van der Waals surface area (Å²) in [5.41, 5.74) is -0.845. The van der Waals surface area contributed by atoms with Crippen LogP contribution >= 0.6 is 0 Å². The number of carboxylic acid groups (broad SMARTS) is 1. The maximum Gasteiger partial charge on any atom is 0.335 e. The molecule has 0 spiro atoms. The fourth-order valence-corrected chi connectivity index (χ4v) is 2.54. The van der Waals surface area contributed by atoms with Crippen molar-refractivity contribution in [2.75, 3.05) is 6.61 Å². The van der Waals surface area contributed by atoms with Crippen LogP contribution in [0.1, 0.15) is 51.9 Å². The van der Waals surface area contributed by atoms with Gasteiger partial charge in [-0.3, -0.25) is 0 Å². The van der Waals surface area contributed by atoms with Crippen LogP contribution in [0.15, 0.2) is 0 Å². The summed E-state index contributed by atoms with van der Waals surface area (Å²) < 4.78 is 5.54. The van der Waals surface area contributed by atoms with E-state index < -0.39 is 11.6 Å². The van der Waals surface area contributed by atoms with E-state index in [1.165, 1.54) is 32.1 Å². The van der Waals surface area contributed by atoms with E-state index in [0.717, 1.165) is 0 Å². The molecule has 0 aromatic carbocycles. The Labute approximate surface area is 103 Å². The molecule has 2 fully saturated rings. The van der Waals surface area contributed by atoms with Crippen LogP contribution in [0.3, 0.4) is 0 Å². The highest BCUT2D eigenvalue weighted by atomic mass is 16.5. The number of carboxylic acids is 1. The first-order valence-electron chi connectivity index (χ1n) is 6.76. The minimum absolute atomic E-state index is 0.245. The second-order valence-electron chi connectivity index (χ2n) is 5.51. The van der Waals surface area contributed by atoms with Crippen LogP contribution in [0.5, 0.6) is 0 Å². The molecule has 1 atom stereocenters. The third-order valence-corrected chi connectivity index (χ3v) is 3.83. The maximum absolute atomic E-state index is 10.9. The van der Waals surface area contributed by atoms with Crippen LogP contribution in [0.25, 0.3) is 0 Å². The number of nitrogens with one attached hydrogen (secondary N) is 1. The quantitative estimate of drug-likeness (QED) is 0.746. The van der Waals surface area contributed by atoms with E-state index in [9.17, 15) is 4.79 Å². The molecule has 0 saturated heterocycles. The van der Waals surface area contributed by atoms with Crippen LogP contribution in [0.4, 0.5) is 0 Å². The van der Waals surface area contributed by atoms with Crippen molar-refractivity contribution >= 4 is 5.97 Å². The molecule has 4 heteroatoms. The third-order valence-electron chi connectivity index (χ3n) is 3.83. The van der Waals surface area contributed by atoms with E-state index >= 15 is 0 Å². The highest BCUT2D eigenvalue weighted by Gasteiger charge is 2.52. The van der Waals surface area contributed by atoms with Gasteiger partial charge < -0.3 is 15.2 Å². The number of hydrogen-bond acceptors (Lipinski definition) is 3. The first-order chi connectivity index (χ1) is 8.12. The molecule has 17 heavy (non-hydrogen) atoms. The molecule has 2 rings (SSSR count). The Balaban J connectivity index is 1.67. The average Bonchev–Trinajstić information content (AvgIpc) is 3.09. The van der Waals surface area contributed by atoms with Crippen molar-refractivity contribution in [3.05, 3.63) is 0 Å². The summed E-state index contributed by atoms with van der Waals surface area (Å²) in [5, 5.41) is 12.5. The lowest BCUT2D eigenvalue weighted by molar-refractivity contribution is -0.154. The second-order valence-corrected chi connectivity index (χ2v) is 5.51. The zero-order valence-corrected chi connectivity index (χ0v) is 10.6. The number of aliphatic carboxylic acids is 1. The lowest BCUT2D eigenvalue weighted by Crippen LogP contribution is -2.42. The van der Waals surface area contributed by atoms with Crippen molar-refractivity contribution < 1.29 is 14.6 Å². The van der Waals surface area contributed by atoms with Crippen molar-refractivity contribution in [1.82, 2.24) is 5.32 Å². The van der Waals surface area contributed by atoms with Gasteiger partial charge in [0.2, 0.25) is 0 Å². The van der Waals surface area contributed by atoms with Crippen LogP contribution < -0.4 is 5.32 Å². The molecule has 2 N–H and O–H groups in total. The molecular formula is C13H23NO3. The van der Waals surface area contributed by atoms with E-state index in [-0.39, 0.29) is 6.04 Å². The van der Waals surface area contributed by atoms with Crippen molar-refractivity contribution in [3.63, 3.8) is 0 Å². The molecule has 0 bridgehead atoms. The molecule has 0 amide bonds. The summed E-state index contributed by atoms with van der Waals surface area (Å²) in [6, 6.07) is 0.845. The molecule has 0 aliphatic heterocycles. The Morgan fingerprint density at radius 1 is 1.41 bits per heavy atom. The third kappa shape index (κ3) is 3.42. The van der Waals surface area contributed by atoms with Gasteiger partial charge in [-0.15, -0.1) is 0 Å². The monoisotopic (exact) mass is 241 g/mol. The Morgan fingerprint density at radius 2 is 2.06 bits per heavy atom. The van der Waals surface area contributed by atoms with Crippen molar-refractivity contribution in [2.45, 2.75) is 69.6 Å². The van der Waals surface area contributed by atoms with Gasteiger partial charge in [-0.25, -0.2) is 4.79 Å². The molecule has 0 heterocycles. The minimum atomic E-state index is -0.845. The van der Waals surface area contributed by atoms with Crippen LogP contribution in [0, 0.1) is 0 Å². The maximum atomic E-state index is 10.9. The molecule has 0 aromatic rings. The van der Waals surface area contributed by atoms with Gasteiger partial charge in [0.05, 0.1) is 6.61 Å². The molecule has 2 aliphatic rings. The van der Waals surface area contributed by atoms with Gasteiger partial charge in [0.1, 0.15) is 0 Å². The van der Waals surface area contributed by atoms with E-state index in [2.05, 4.69) is 12.2 Å². The van der Waals surface area contributed by atoms with Gasteiger partial charge in [-0.05, 0) is 32.6 Å². The van der Waals surface area contributed by atoms with E-state index in [4.69, 9.17) is 9.84 Å². The standard InChI is InChI=1S/C13H23NO3/c1-10(14-11-5-3-2-4-6-11)9-17-13(7-8-13)12(15)16/h10-11,14H,2-9H2,1H3,(H,15,16). The smallest absolute Gasteiger partial charge is 0.335 e. The van der Waals surface area contributed by atoms with Crippen molar-refractivity contribution in [2.24, 2.45) is 0 Å². The Morgan fingerprint density at radius 3 is 2.59 bits per heavy atom. The predicted molar refractivity (Wildman–Crippen MR) is 65.0 cm³/mol. The Bertz CT molecular complexity index is 270. The largest absolute Gasteiger partial charge is 0.479 e. The number of rotatable bonds is 6. The van der Waals surface area contributed by atoms with Crippen molar-refractivity contribution in [3.8, 4) is 0 Å². The number of carbonyl (C=O) groups is 1. The number of hydrogen-bond donors (Lipinski definition) is 2. The normalized spacial score (nSPS) is 25.5. The van der Waals surface area contributed by atoms with E-state index in [1.807, 2.05) is 0 Å². The topological polar surface area (TPSA) is 58.6 Å². The van der Waals surface area contributed by atoms with Crippen LogP contribution in [-0.2, 0) is 9.53 Å². The summed E-state index contributed by atoms with van der Waals surface area (Å²) in [7, 11) is 0. The summed E-state index contributed by atoms with van der Waals surface area (Å²) >= 11 is 0. The van der Waals surface area contributed by atoms with Crippen LogP contribution in [0.2, 0.25) is 0 Å². The fourth-order valence-electron chi connectivity index (χ4n) is 2.54. The second kappa shape index (κ2) is 5.36. The lowest BCUT2D eigenvalue weighted by atomic mass is 9.95. The molecule has 0 radical (unpaired) electrons. The molecule has 4 nitrogen and oxygen atoms in total. The first kappa shape index (κ1) is 12.8. The molecule has 2 aliphatic carbocycles. The SMILES string of the molecule is CC(COC1(C(=O)O)CC1)NC1CCCCC1. The zero-order valence-electron chi connectivity index (χ0n) is 10.6. The van der Waals surface area contributed by atoms with Gasteiger partial charge >= 0.3 is 5.97 Å². The predicted octanol–water partition coefficient (Wildman–Crippen LogP) is 1.93. The highest BCUT2D eigenvalue weighted by molar-refractivity contribution is 5.80. The molecule has 98 valence electrons. The average molecular weight is 241 g/mol. The van der Waals surface area contributed by atoms with Gasteiger partial charge in [0, 0.05) is 12.1 Å². The summed E-state index contributed by atoms with van der Waals surface area (Å²) in [4.78, 5) is 10.9. The van der Waals surface area contributed by atoms with E-state index in [0.29, 0.717) is 25.5 Å². The van der Waals surface area contributed by atoms with Gasteiger partial charge in [-0.1, -0.05) is 19.3 Å². The van der Waals surface area contributed by atoms with Gasteiger partial charge in [-0.2, -0.15) is 0 Å². The number of ether oxygens (including phenoxy) is 1. The van der Waals surface area contributed by atoms with Gasteiger partial charge in [0.25, 0.3) is 0 Å². The summed E-state index contributed by atoms with van der Waals surface area (Å²) in [6.45, 7) is 2.58. The molecular weight excluding hydrogens is 218 g/mol. The fraction of sp³-hybridized carbons (Fsp3) is 0.923.